The molecular formula is C13H6F7N. The molecule has 21 heavy (non-hydrogen) atoms. The summed E-state index contributed by atoms with van der Waals surface area (Å²) < 4.78 is 91.3. The zero-order valence-electron chi connectivity index (χ0n) is 10.3. The van der Waals surface area contributed by atoms with Crippen LogP contribution in [0.1, 0.15) is 11.1 Å². The highest BCUT2D eigenvalue weighted by molar-refractivity contribution is 5.66. The third kappa shape index (κ3) is 2.70. The highest BCUT2D eigenvalue weighted by Crippen LogP contribution is 2.36. The monoisotopic (exact) mass is 309 g/mol. The number of halogens is 7. The third-order valence-corrected chi connectivity index (χ3v) is 2.83. The maximum Gasteiger partial charge on any atom is 0.416 e. The van der Waals surface area contributed by atoms with Crippen molar-refractivity contribution in [3.8, 4) is 11.1 Å². The third-order valence-electron chi connectivity index (χ3n) is 2.83. The first-order valence-corrected chi connectivity index (χ1v) is 5.51. The Labute approximate surface area is 114 Å². The molecule has 1 heterocycles. The minimum atomic E-state index is -4.77. The molecule has 0 atom stereocenters. The van der Waals surface area contributed by atoms with Crippen LogP contribution in [0.25, 0.3) is 11.1 Å². The van der Waals surface area contributed by atoms with Gasteiger partial charge in [-0.05, 0) is 24.1 Å². The molecule has 0 spiro atoms. The Bertz CT molecular complexity index is 680. The number of aromatic nitrogens is 1. The number of aryl methyl sites for hydroxylation is 1. The van der Waals surface area contributed by atoms with E-state index in [0.717, 1.165) is 19.1 Å². The highest BCUT2D eigenvalue weighted by atomic mass is 19.4. The average Bonchev–Trinajstić information content (AvgIpc) is 2.37. The van der Waals surface area contributed by atoms with E-state index in [2.05, 4.69) is 4.98 Å². The van der Waals surface area contributed by atoms with Crippen LogP contribution in [0.3, 0.4) is 0 Å². The summed E-state index contributed by atoms with van der Waals surface area (Å²) in [6.07, 6.45) is -4.77. The fourth-order valence-electron chi connectivity index (χ4n) is 1.82. The summed E-state index contributed by atoms with van der Waals surface area (Å²) in [5.41, 5.74) is -3.22. The predicted octanol–water partition coefficient (Wildman–Crippen LogP) is 4.63. The Morgan fingerprint density at radius 2 is 1.43 bits per heavy atom. The minimum Gasteiger partial charge on any atom is -0.201 e. The number of benzene rings is 1. The maximum absolute atomic E-state index is 13.5. The van der Waals surface area contributed by atoms with Gasteiger partial charge in [-0.25, -0.2) is 8.78 Å². The van der Waals surface area contributed by atoms with Crippen molar-refractivity contribution in [2.24, 2.45) is 0 Å². The van der Waals surface area contributed by atoms with Crippen molar-refractivity contribution < 1.29 is 30.7 Å². The van der Waals surface area contributed by atoms with Crippen LogP contribution in [0.15, 0.2) is 18.2 Å². The quantitative estimate of drug-likeness (QED) is 0.553. The first kappa shape index (κ1) is 15.3. The topological polar surface area (TPSA) is 12.9 Å². The van der Waals surface area contributed by atoms with E-state index in [4.69, 9.17) is 0 Å². The van der Waals surface area contributed by atoms with Crippen LogP contribution in [-0.4, -0.2) is 4.98 Å². The standard InChI is InChI=1S/C13H6F7N/c1-5-2-3-6(4-7(5)13(18,19)20)8-9(14)11(16)21-12(17)10(8)15/h2-4H,1H3. The molecule has 8 heteroatoms. The van der Waals surface area contributed by atoms with Crippen molar-refractivity contribution in [2.75, 3.05) is 0 Å². The largest absolute Gasteiger partial charge is 0.416 e. The summed E-state index contributed by atoms with van der Waals surface area (Å²) in [7, 11) is 0. The average molecular weight is 309 g/mol. The number of hydrogen-bond donors (Lipinski definition) is 0. The molecule has 112 valence electrons. The smallest absolute Gasteiger partial charge is 0.201 e. The second kappa shape index (κ2) is 5.01. The van der Waals surface area contributed by atoms with Gasteiger partial charge in [-0.15, -0.1) is 0 Å². The zero-order valence-corrected chi connectivity index (χ0v) is 10.3. The predicted molar refractivity (Wildman–Crippen MR) is 59.2 cm³/mol. The van der Waals surface area contributed by atoms with Crippen LogP contribution in [-0.2, 0) is 6.18 Å². The summed E-state index contributed by atoms with van der Waals surface area (Å²) in [5.74, 6) is -7.58. The second-order valence-electron chi connectivity index (χ2n) is 4.22. The van der Waals surface area contributed by atoms with Gasteiger partial charge in [0.1, 0.15) is 0 Å². The van der Waals surface area contributed by atoms with Gasteiger partial charge in [-0.1, -0.05) is 12.1 Å². The van der Waals surface area contributed by atoms with Gasteiger partial charge in [0, 0.05) is 0 Å². The molecule has 0 amide bonds. The normalized spacial score (nSPS) is 11.8. The Hall–Kier alpha value is -2.12. The van der Waals surface area contributed by atoms with E-state index in [1.807, 2.05) is 0 Å². The van der Waals surface area contributed by atoms with Crippen LogP contribution < -0.4 is 0 Å². The molecular weight excluding hydrogens is 303 g/mol. The van der Waals surface area contributed by atoms with Crippen LogP contribution in [0.5, 0.6) is 0 Å². The van der Waals surface area contributed by atoms with E-state index in [1.54, 1.807) is 0 Å². The molecule has 1 nitrogen and oxygen atoms in total. The Balaban J connectivity index is 2.75. The van der Waals surface area contributed by atoms with E-state index in [1.165, 1.54) is 0 Å². The van der Waals surface area contributed by atoms with Crippen molar-refractivity contribution in [1.29, 1.82) is 0 Å². The zero-order chi connectivity index (χ0) is 15.9. The van der Waals surface area contributed by atoms with E-state index in [0.29, 0.717) is 6.07 Å². The van der Waals surface area contributed by atoms with E-state index in [9.17, 15) is 30.7 Å². The minimum absolute atomic E-state index is 0.193. The van der Waals surface area contributed by atoms with Gasteiger partial charge in [-0.3, -0.25) is 0 Å². The number of pyridine rings is 1. The number of nitrogens with zero attached hydrogens (tertiary/aromatic N) is 1. The molecule has 0 aliphatic rings. The Morgan fingerprint density at radius 1 is 0.905 bits per heavy atom. The van der Waals surface area contributed by atoms with Crippen LogP contribution in [0.4, 0.5) is 30.7 Å². The summed E-state index contributed by atoms with van der Waals surface area (Å²) in [5, 5.41) is 0. The van der Waals surface area contributed by atoms with E-state index < -0.39 is 46.4 Å². The molecule has 2 rings (SSSR count). The lowest BCUT2D eigenvalue weighted by molar-refractivity contribution is -0.138. The van der Waals surface area contributed by atoms with Crippen molar-refractivity contribution in [3.05, 3.63) is 52.9 Å². The van der Waals surface area contributed by atoms with Crippen LogP contribution >= 0.6 is 0 Å². The molecule has 2 aromatic rings. The molecule has 0 saturated heterocycles. The van der Waals surface area contributed by atoms with Gasteiger partial charge in [0.25, 0.3) is 11.9 Å². The highest BCUT2D eigenvalue weighted by Gasteiger charge is 2.33. The van der Waals surface area contributed by atoms with Gasteiger partial charge in [0.15, 0.2) is 11.6 Å². The van der Waals surface area contributed by atoms with Gasteiger partial charge in [-0.2, -0.15) is 26.9 Å². The summed E-state index contributed by atoms with van der Waals surface area (Å²) in [6.45, 7) is 1.15. The van der Waals surface area contributed by atoms with Crippen LogP contribution in [0.2, 0.25) is 0 Å². The lowest BCUT2D eigenvalue weighted by atomic mass is 9.99. The van der Waals surface area contributed by atoms with Gasteiger partial charge in [0.05, 0.1) is 11.1 Å². The molecule has 0 bridgehead atoms. The fourth-order valence-corrected chi connectivity index (χ4v) is 1.82. The van der Waals surface area contributed by atoms with Gasteiger partial charge in [0.2, 0.25) is 0 Å². The van der Waals surface area contributed by atoms with E-state index >= 15 is 0 Å². The van der Waals surface area contributed by atoms with Crippen molar-refractivity contribution in [2.45, 2.75) is 13.1 Å². The molecule has 0 saturated carbocycles. The fraction of sp³-hybridized carbons (Fsp3) is 0.154. The Kier molecular flexibility index (Phi) is 3.65. The molecule has 0 aliphatic heterocycles. The first-order valence-electron chi connectivity index (χ1n) is 5.51. The first-order chi connectivity index (χ1) is 9.62. The lowest BCUT2D eigenvalue weighted by Crippen LogP contribution is -2.09. The summed E-state index contributed by atoms with van der Waals surface area (Å²) >= 11 is 0. The number of rotatable bonds is 1. The lowest BCUT2D eigenvalue weighted by Gasteiger charge is -2.13. The van der Waals surface area contributed by atoms with Crippen LogP contribution in [0, 0.1) is 30.5 Å². The van der Waals surface area contributed by atoms with Gasteiger partial charge >= 0.3 is 6.18 Å². The van der Waals surface area contributed by atoms with Gasteiger partial charge < -0.3 is 0 Å². The maximum atomic E-state index is 13.5. The van der Waals surface area contributed by atoms with Crippen molar-refractivity contribution in [3.63, 3.8) is 0 Å². The second-order valence-corrected chi connectivity index (χ2v) is 4.22. The van der Waals surface area contributed by atoms with Crippen molar-refractivity contribution in [1.82, 2.24) is 4.98 Å². The molecule has 0 aliphatic carbocycles. The van der Waals surface area contributed by atoms with Crippen molar-refractivity contribution >= 4 is 0 Å². The Morgan fingerprint density at radius 3 is 1.90 bits per heavy atom. The molecule has 0 unspecified atom stereocenters. The number of hydrogen-bond acceptors (Lipinski definition) is 1. The van der Waals surface area contributed by atoms with E-state index in [-0.39, 0.29) is 5.56 Å². The molecule has 0 N–H and O–H groups in total. The summed E-state index contributed by atoms with van der Waals surface area (Å²) in [6, 6.07) is 2.31. The SMILES string of the molecule is Cc1ccc(-c2c(F)c(F)nc(F)c2F)cc1C(F)(F)F. The molecule has 1 aromatic heterocycles. The molecule has 0 fully saturated rings. The molecule has 1 aromatic carbocycles. The molecule has 0 radical (unpaired) electrons. The number of alkyl halides is 3. The summed E-state index contributed by atoms with van der Waals surface area (Å²) in [4.78, 5) is 2.34.